The first-order valence-corrected chi connectivity index (χ1v) is 25.0. The monoisotopic (exact) mass is 885 g/mol. The normalized spacial score (nSPS) is 11.6. The van der Waals surface area contributed by atoms with Crippen molar-refractivity contribution in [3.05, 3.63) is 0 Å². The Hall–Kier alpha value is -2.73. The summed E-state index contributed by atoms with van der Waals surface area (Å²) < 4.78 is 35.2. The Kier molecular flexibility index (Phi) is 39.2. The molecule has 0 amide bonds. The Labute approximate surface area is 377 Å². The van der Waals surface area contributed by atoms with Crippen LogP contribution in [0.5, 0.6) is 0 Å². The third kappa shape index (κ3) is 33.8. The highest BCUT2D eigenvalue weighted by atomic mass is 16.6. The van der Waals surface area contributed by atoms with Crippen molar-refractivity contribution in [1.82, 2.24) is 0 Å². The molecule has 62 heavy (non-hydrogen) atoms. The minimum atomic E-state index is -1.32. The van der Waals surface area contributed by atoms with Gasteiger partial charge >= 0.3 is 29.8 Å². The quantitative estimate of drug-likeness (QED) is 0.0351. The van der Waals surface area contributed by atoms with Crippen LogP contribution in [0.3, 0.4) is 0 Å². The van der Waals surface area contributed by atoms with Crippen LogP contribution in [0.1, 0.15) is 227 Å². The van der Waals surface area contributed by atoms with Crippen molar-refractivity contribution < 1.29 is 57.5 Å². The van der Waals surface area contributed by atoms with E-state index in [1.54, 1.807) is 0 Å². The van der Waals surface area contributed by atoms with E-state index in [1.165, 1.54) is 0 Å². The first kappa shape index (κ1) is 59.3. The Balaban J connectivity index is 6.34. The van der Waals surface area contributed by atoms with E-state index >= 15 is 0 Å². The molecule has 0 aromatic rings. The van der Waals surface area contributed by atoms with Gasteiger partial charge in [-0.3, -0.25) is 24.0 Å². The first-order valence-electron chi connectivity index (χ1n) is 25.0. The van der Waals surface area contributed by atoms with Crippen molar-refractivity contribution in [2.24, 2.45) is 10.8 Å². The van der Waals surface area contributed by atoms with Crippen molar-refractivity contribution in [2.45, 2.75) is 227 Å². The number of hydrogen-bond donors (Lipinski definition) is 1. The second kappa shape index (κ2) is 41.0. The zero-order valence-electron chi connectivity index (χ0n) is 40.3. The van der Waals surface area contributed by atoms with Gasteiger partial charge in [-0.1, -0.05) is 163 Å². The predicted octanol–water partition coefficient (Wildman–Crippen LogP) is 11.5. The summed E-state index contributed by atoms with van der Waals surface area (Å²) in [5.41, 5.74) is -2.61. The van der Waals surface area contributed by atoms with Gasteiger partial charge in [0.25, 0.3) is 0 Å². The molecule has 0 unspecified atom stereocenters. The zero-order chi connectivity index (χ0) is 46.0. The lowest BCUT2D eigenvalue weighted by atomic mass is 9.90. The van der Waals surface area contributed by atoms with Crippen LogP contribution in [0.2, 0.25) is 0 Å². The molecule has 1 N–H and O–H groups in total. The minimum Gasteiger partial charge on any atom is -0.465 e. The average Bonchev–Trinajstić information content (AvgIpc) is 3.27. The van der Waals surface area contributed by atoms with Crippen LogP contribution in [0, 0.1) is 10.8 Å². The average molecular weight is 885 g/mol. The second-order valence-corrected chi connectivity index (χ2v) is 17.8. The number of esters is 5. The van der Waals surface area contributed by atoms with E-state index < -0.39 is 47.3 Å². The van der Waals surface area contributed by atoms with E-state index in [2.05, 4.69) is 34.6 Å². The number of rotatable bonds is 45. The lowest BCUT2D eigenvalue weighted by Crippen LogP contribution is -2.46. The molecule has 0 radical (unpaired) electrons. The molecule has 0 aromatic carbocycles. The van der Waals surface area contributed by atoms with Gasteiger partial charge in [0, 0.05) is 32.1 Å². The van der Waals surface area contributed by atoms with Crippen molar-refractivity contribution >= 4 is 29.8 Å². The summed E-state index contributed by atoms with van der Waals surface area (Å²) in [6.07, 6.45) is 25.1. The van der Waals surface area contributed by atoms with Gasteiger partial charge in [0.2, 0.25) is 0 Å². The summed E-state index contributed by atoms with van der Waals surface area (Å²) in [5.74, 6) is -2.07. The maximum absolute atomic E-state index is 13.1. The molecule has 0 saturated heterocycles. The molecule has 0 fully saturated rings. The summed E-state index contributed by atoms with van der Waals surface area (Å²) >= 11 is 0. The van der Waals surface area contributed by atoms with E-state index in [9.17, 15) is 29.1 Å². The Morgan fingerprint density at radius 1 is 0.306 bits per heavy atom. The summed E-state index contributed by atoms with van der Waals surface area (Å²) in [7, 11) is 0. The fourth-order valence-corrected chi connectivity index (χ4v) is 6.89. The molecule has 0 aromatic heterocycles. The third-order valence-electron chi connectivity index (χ3n) is 11.3. The second-order valence-electron chi connectivity index (χ2n) is 17.8. The number of aliphatic hydroxyl groups excluding tert-OH is 1. The summed E-state index contributed by atoms with van der Waals surface area (Å²) in [6.45, 7) is 8.42. The molecule has 0 heterocycles. The Bertz CT molecular complexity index is 1020. The molecule has 12 nitrogen and oxygen atoms in total. The van der Waals surface area contributed by atoms with E-state index in [-0.39, 0.29) is 78.4 Å². The van der Waals surface area contributed by atoms with Gasteiger partial charge in [-0.2, -0.15) is 0 Å². The number of ether oxygens (including phenoxy) is 6. The maximum Gasteiger partial charge on any atom is 0.305 e. The molecule has 0 aliphatic rings. The number of hydrogen-bond acceptors (Lipinski definition) is 12. The topological polar surface area (TPSA) is 161 Å². The number of carbonyl (C=O) groups is 5. The molecule has 0 aliphatic heterocycles. The van der Waals surface area contributed by atoms with E-state index in [0.717, 1.165) is 128 Å². The number of unbranched alkanes of at least 4 members (excludes halogenated alkanes) is 20. The summed E-state index contributed by atoms with van der Waals surface area (Å²) in [6, 6.07) is 0. The number of aliphatic hydroxyl groups is 1. The largest absolute Gasteiger partial charge is 0.465 e. The molecule has 0 saturated carbocycles. The van der Waals surface area contributed by atoms with Crippen LogP contribution in [0.4, 0.5) is 0 Å². The SMILES string of the molecule is CCCCCCCC(=O)OCC(CO)(COCC(COC(=O)CCCCCCC)(COC(=O)CCCCCCC)COC(=O)CCCCCCC)COC(=O)CCCCCCC. The minimum absolute atomic E-state index is 0.206. The standard InChI is InChI=1S/C50H92O12/c1-6-11-16-21-26-31-44(52)58-39-49(36-51,40-59-45(53)32-27-22-17-12-7-2)37-57-38-50(41-60-46(54)33-28-23-18-13-8-3,42-61-47(55)34-29-24-19-14-9-4)43-62-48(56)35-30-25-20-15-10-5/h51H,6-43H2,1-5H3. The highest BCUT2D eigenvalue weighted by Gasteiger charge is 2.40. The molecule has 364 valence electrons. The molecule has 0 spiro atoms. The van der Waals surface area contributed by atoms with Gasteiger partial charge < -0.3 is 33.5 Å². The van der Waals surface area contributed by atoms with Crippen LogP contribution >= 0.6 is 0 Å². The van der Waals surface area contributed by atoms with Crippen molar-refractivity contribution in [3.63, 3.8) is 0 Å². The fraction of sp³-hybridized carbons (Fsp3) is 0.900. The Morgan fingerprint density at radius 3 is 0.742 bits per heavy atom. The van der Waals surface area contributed by atoms with Crippen molar-refractivity contribution in [1.29, 1.82) is 0 Å². The molecule has 0 atom stereocenters. The fourth-order valence-electron chi connectivity index (χ4n) is 6.89. The molecule has 0 bridgehead atoms. The van der Waals surface area contributed by atoms with Crippen molar-refractivity contribution in [3.8, 4) is 0 Å². The van der Waals surface area contributed by atoms with Crippen LogP contribution in [0.15, 0.2) is 0 Å². The third-order valence-corrected chi connectivity index (χ3v) is 11.3. The van der Waals surface area contributed by atoms with Gasteiger partial charge in [-0.05, 0) is 32.1 Å². The highest BCUT2D eigenvalue weighted by Crippen LogP contribution is 2.27. The lowest BCUT2D eigenvalue weighted by Gasteiger charge is -2.35. The van der Waals surface area contributed by atoms with E-state index in [0.29, 0.717) is 32.1 Å². The van der Waals surface area contributed by atoms with Crippen molar-refractivity contribution in [2.75, 3.05) is 52.9 Å². The molecule has 0 rings (SSSR count). The van der Waals surface area contributed by atoms with Gasteiger partial charge in [0.15, 0.2) is 0 Å². The lowest BCUT2D eigenvalue weighted by molar-refractivity contribution is -0.172. The van der Waals surface area contributed by atoms with Crippen LogP contribution in [0.25, 0.3) is 0 Å². The van der Waals surface area contributed by atoms with Gasteiger partial charge in [0.1, 0.15) is 33.0 Å². The zero-order valence-corrected chi connectivity index (χ0v) is 40.3. The van der Waals surface area contributed by atoms with Crippen LogP contribution in [-0.2, 0) is 52.4 Å². The van der Waals surface area contributed by atoms with E-state index in [4.69, 9.17) is 28.4 Å². The predicted molar refractivity (Wildman–Crippen MR) is 244 cm³/mol. The molecule has 0 aliphatic carbocycles. The maximum atomic E-state index is 13.1. The Morgan fingerprint density at radius 2 is 0.516 bits per heavy atom. The van der Waals surface area contributed by atoms with E-state index in [1.807, 2.05) is 0 Å². The summed E-state index contributed by atoms with van der Waals surface area (Å²) in [4.78, 5) is 65.0. The smallest absolute Gasteiger partial charge is 0.305 e. The van der Waals surface area contributed by atoms with Crippen LogP contribution in [-0.4, -0.2) is 87.8 Å². The molecule has 12 heteroatoms. The van der Waals surface area contributed by atoms with Crippen LogP contribution < -0.4 is 0 Å². The van der Waals surface area contributed by atoms with Gasteiger partial charge in [-0.15, -0.1) is 0 Å². The molecular formula is C50H92O12. The van der Waals surface area contributed by atoms with Gasteiger partial charge in [0.05, 0.1) is 30.7 Å². The highest BCUT2D eigenvalue weighted by molar-refractivity contribution is 5.71. The first-order chi connectivity index (χ1) is 30.0. The number of carbonyl (C=O) groups excluding carboxylic acids is 5. The molecular weight excluding hydrogens is 793 g/mol. The summed E-state index contributed by atoms with van der Waals surface area (Å²) in [5, 5.41) is 10.8. The van der Waals surface area contributed by atoms with Gasteiger partial charge in [-0.25, -0.2) is 0 Å².